The van der Waals surface area contributed by atoms with Crippen LogP contribution in [0.1, 0.15) is 31.7 Å². The first-order valence-corrected chi connectivity index (χ1v) is 11.0. The van der Waals surface area contributed by atoms with E-state index in [1.54, 1.807) is 7.11 Å². The van der Waals surface area contributed by atoms with Crippen molar-refractivity contribution in [2.45, 2.75) is 32.6 Å². The molecular weight excluding hydrogens is 366 g/mol. The third kappa shape index (κ3) is 10.1. The lowest BCUT2D eigenvalue weighted by molar-refractivity contribution is 0.0536. The van der Waals surface area contributed by atoms with E-state index in [0.717, 1.165) is 77.6 Å². The molecule has 1 heterocycles. The van der Waals surface area contributed by atoms with Crippen LogP contribution in [0.3, 0.4) is 0 Å². The fourth-order valence-corrected chi connectivity index (χ4v) is 3.42. The minimum absolute atomic E-state index is 0.578. The lowest BCUT2D eigenvalue weighted by Crippen LogP contribution is -2.40. The zero-order chi connectivity index (χ0) is 20.6. The highest BCUT2D eigenvalue weighted by Crippen LogP contribution is 2.16. The summed E-state index contributed by atoms with van der Waals surface area (Å²) < 4.78 is 16.5. The van der Waals surface area contributed by atoms with Gasteiger partial charge in [-0.05, 0) is 38.2 Å². The molecule has 0 amide bonds. The van der Waals surface area contributed by atoms with Crippen molar-refractivity contribution in [2.24, 2.45) is 10.9 Å². The first kappa shape index (κ1) is 23.6. The van der Waals surface area contributed by atoms with E-state index in [1.165, 1.54) is 5.56 Å². The van der Waals surface area contributed by atoms with Crippen LogP contribution >= 0.6 is 0 Å². The summed E-state index contributed by atoms with van der Waals surface area (Å²) in [5, 5.41) is 3.43. The summed E-state index contributed by atoms with van der Waals surface area (Å²) in [7, 11) is 1.71. The number of guanidine groups is 1. The van der Waals surface area contributed by atoms with Crippen LogP contribution in [0, 0.1) is 5.92 Å². The Kier molecular flexibility index (Phi) is 12.4. The molecular formula is C23H39N3O3. The summed E-state index contributed by atoms with van der Waals surface area (Å²) in [6, 6.07) is 10.5. The van der Waals surface area contributed by atoms with Crippen molar-refractivity contribution in [1.29, 1.82) is 0 Å². The van der Waals surface area contributed by atoms with E-state index in [0.29, 0.717) is 19.1 Å². The molecule has 1 N–H and O–H groups in total. The number of nitrogens with zero attached hydrogens (tertiary/aromatic N) is 2. The average Bonchev–Trinajstić information content (AvgIpc) is 3.22. The fraction of sp³-hybridized carbons (Fsp3) is 0.696. The molecule has 1 fully saturated rings. The largest absolute Gasteiger partial charge is 0.382 e. The second kappa shape index (κ2) is 15.2. The number of rotatable bonds is 14. The Bertz CT molecular complexity index is 554. The fourth-order valence-electron chi connectivity index (χ4n) is 3.42. The lowest BCUT2D eigenvalue weighted by Gasteiger charge is -2.21. The molecule has 6 nitrogen and oxygen atoms in total. The maximum atomic E-state index is 5.76. The van der Waals surface area contributed by atoms with Gasteiger partial charge in [-0.1, -0.05) is 30.3 Å². The summed E-state index contributed by atoms with van der Waals surface area (Å²) in [4.78, 5) is 7.19. The molecule has 1 unspecified atom stereocenters. The Hall–Kier alpha value is -1.63. The summed E-state index contributed by atoms with van der Waals surface area (Å²) in [5.41, 5.74) is 1.33. The third-order valence-corrected chi connectivity index (χ3v) is 5.04. The molecule has 29 heavy (non-hydrogen) atoms. The molecule has 1 aliphatic rings. The van der Waals surface area contributed by atoms with Crippen molar-refractivity contribution in [2.75, 3.05) is 66.3 Å². The molecule has 1 aromatic carbocycles. The van der Waals surface area contributed by atoms with Crippen molar-refractivity contribution in [3.8, 4) is 0 Å². The quantitative estimate of drug-likeness (QED) is 0.293. The van der Waals surface area contributed by atoms with E-state index >= 15 is 0 Å². The van der Waals surface area contributed by atoms with Gasteiger partial charge < -0.3 is 24.4 Å². The van der Waals surface area contributed by atoms with E-state index in [4.69, 9.17) is 19.2 Å². The van der Waals surface area contributed by atoms with Crippen molar-refractivity contribution >= 4 is 5.96 Å². The van der Waals surface area contributed by atoms with E-state index < -0.39 is 0 Å². The van der Waals surface area contributed by atoms with Gasteiger partial charge in [-0.3, -0.25) is 4.99 Å². The number of hydrogen-bond acceptors (Lipinski definition) is 4. The van der Waals surface area contributed by atoms with E-state index in [-0.39, 0.29) is 0 Å². The zero-order valence-electron chi connectivity index (χ0n) is 18.3. The smallest absolute Gasteiger partial charge is 0.193 e. The maximum absolute atomic E-state index is 5.76. The number of nitrogens with one attached hydrogen (secondary N) is 1. The van der Waals surface area contributed by atoms with Crippen molar-refractivity contribution in [1.82, 2.24) is 10.2 Å². The number of likely N-dealkylation sites (tertiary alicyclic amines) is 1. The molecule has 1 saturated heterocycles. The van der Waals surface area contributed by atoms with Crippen molar-refractivity contribution in [3.05, 3.63) is 35.9 Å². The molecule has 2 rings (SSSR count). The second-order valence-electron chi connectivity index (χ2n) is 7.46. The molecule has 0 aromatic heterocycles. The van der Waals surface area contributed by atoms with Gasteiger partial charge in [0.2, 0.25) is 0 Å². The Balaban J connectivity index is 1.57. The Morgan fingerprint density at radius 2 is 1.97 bits per heavy atom. The molecule has 1 aromatic rings. The van der Waals surface area contributed by atoms with E-state index in [9.17, 15) is 0 Å². The molecule has 0 aliphatic carbocycles. The molecule has 0 spiro atoms. The number of ether oxygens (including phenoxy) is 3. The predicted octanol–water partition coefficient (Wildman–Crippen LogP) is 2.98. The molecule has 0 radical (unpaired) electrons. The minimum Gasteiger partial charge on any atom is -0.382 e. The molecule has 0 bridgehead atoms. The van der Waals surface area contributed by atoms with Gasteiger partial charge in [-0.2, -0.15) is 0 Å². The number of methoxy groups -OCH3 is 1. The van der Waals surface area contributed by atoms with Gasteiger partial charge in [0.25, 0.3) is 0 Å². The summed E-state index contributed by atoms with van der Waals surface area (Å²) in [5.74, 6) is 1.62. The lowest BCUT2D eigenvalue weighted by atomic mass is 10.1. The summed E-state index contributed by atoms with van der Waals surface area (Å²) in [6.07, 6.45) is 4.24. The van der Waals surface area contributed by atoms with Crippen LogP contribution in [0.25, 0.3) is 0 Å². The standard InChI is InChI=1S/C23H39N3O3/c1-3-24-23(26-14-11-22(19-26)20-29-18-17-27-2)25-13-7-8-15-28-16-12-21-9-5-4-6-10-21/h4-6,9-10,22H,3,7-8,11-20H2,1-2H3,(H,24,25). The Morgan fingerprint density at radius 3 is 2.76 bits per heavy atom. The van der Waals surface area contributed by atoms with Crippen LogP contribution < -0.4 is 5.32 Å². The first-order chi connectivity index (χ1) is 14.3. The Labute approximate surface area is 176 Å². The number of aliphatic imine (C=N–C) groups is 1. The first-order valence-electron chi connectivity index (χ1n) is 11.0. The Morgan fingerprint density at radius 1 is 1.10 bits per heavy atom. The van der Waals surface area contributed by atoms with Crippen LogP contribution in [-0.4, -0.2) is 77.2 Å². The normalized spacial score (nSPS) is 17.1. The number of unbranched alkanes of at least 4 members (excludes halogenated alkanes) is 1. The van der Waals surface area contributed by atoms with Gasteiger partial charge in [-0.25, -0.2) is 0 Å². The van der Waals surface area contributed by atoms with Crippen LogP contribution in [0.15, 0.2) is 35.3 Å². The highest BCUT2D eigenvalue weighted by atomic mass is 16.5. The molecule has 1 aliphatic heterocycles. The van der Waals surface area contributed by atoms with Crippen LogP contribution in [0.5, 0.6) is 0 Å². The monoisotopic (exact) mass is 405 g/mol. The molecule has 6 heteroatoms. The average molecular weight is 406 g/mol. The zero-order valence-corrected chi connectivity index (χ0v) is 18.3. The van der Waals surface area contributed by atoms with Gasteiger partial charge in [0.05, 0.1) is 26.4 Å². The van der Waals surface area contributed by atoms with Crippen molar-refractivity contribution < 1.29 is 14.2 Å². The number of hydrogen-bond donors (Lipinski definition) is 1. The van der Waals surface area contributed by atoms with Crippen LogP contribution in [0.4, 0.5) is 0 Å². The maximum Gasteiger partial charge on any atom is 0.193 e. The van der Waals surface area contributed by atoms with Crippen molar-refractivity contribution in [3.63, 3.8) is 0 Å². The van der Waals surface area contributed by atoms with Gasteiger partial charge in [0.1, 0.15) is 0 Å². The second-order valence-corrected chi connectivity index (χ2v) is 7.46. The SMILES string of the molecule is CCNC(=NCCCCOCCc1ccccc1)N1CCC(COCCOC)C1. The highest BCUT2D eigenvalue weighted by molar-refractivity contribution is 5.80. The minimum atomic E-state index is 0.578. The van der Waals surface area contributed by atoms with Gasteiger partial charge in [-0.15, -0.1) is 0 Å². The van der Waals surface area contributed by atoms with Crippen LogP contribution in [0.2, 0.25) is 0 Å². The number of benzene rings is 1. The van der Waals surface area contributed by atoms with Crippen LogP contribution in [-0.2, 0) is 20.6 Å². The summed E-state index contributed by atoms with van der Waals surface area (Å²) >= 11 is 0. The van der Waals surface area contributed by atoms with E-state index in [2.05, 4.69) is 41.4 Å². The molecule has 164 valence electrons. The van der Waals surface area contributed by atoms with E-state index in [1.807, 2.05) is 6.07 Å². The molecule has 0 saturated carbocycles. The van der Waals surface area contributed by atoms with Gasteiger partial charge in [0.15, 0.2) is 5.96 Å². The summed E-state index contributed by atoms with van der Waals surface area (Å²) in [6.45, 7) is 9.67. The predicted molar refractivity (Wildman–Crippen MR) is 119 cm³/mol. The topological polar surface area (TPSA) is 55.3 Å². The third-order valence-electron chi connectivity index (χ3n) is 5.04. The van der Waals surface area contributed by atoms with Gasteiger partial charge >= 0.3 is 0 Å². The molecule has 1 atom stereocenters. The van der Waals surface area contributed by atoms with Gasteiger partial charge in [0, 0.05) is 45.8 Å². The highest BCUT2D eigenvalue weighted by Gasteiger charge is 2.24.